The summed E-state index contributed by atoms with van der Waals surface area (Å²) in [6.45, 7) is 0.102. The van der Waals surface area contributed by atoms with Crippen LogP contribution in [-0.2, 0) is 16.1 Å². The minimum atomic E-state index is -1.24. The van der Waals surface area contributed by atoms with Crippen molar-refractivity contribution >= 4 is 17.8 Å². The fourth-order valence-electron chi connectivity index (χ4n) is 2.24. The third-order valence-corrected chi connectivity index (χ3v) is 3.22. The lowest BCUT2D eigenvalue weighted by Crippen LogP contribution is -2.41. The highest BCUT2D eigenvalue weighted by atomic mass is 16.4. The molecule has 1 atom stereocenters. The second-order valence-electron chi connectivity index (χ2n) is 4.56. The second kappa shape index (κ2) is 5.20. The van der Waals surface area contributed by atoms with Crippen LogP contribution in [0, 0.1) is 0 Å². The van der Waals surface area contributed by atoms with Crippen molar-refractivity contribution in [3.63, 3.8) is 0 Å². The van der Waals surface area contributed by atoms with E-state index >= 15 is 0 Å². The second-order valence-corrected chi connectivity index (χ2v) is 4.56. The zero-order valence-electron chi connectivity index (χ0n) is 10.4. The molecule has 106 valence electrons. The zero-order chi connectivity index (χ0) is 14.9. The Morgan fingerprint density at radius 2 is 2.00 bits per heavy atom. The van der Waals surface area contributed by atoms with Crippen LogP contribution in [0.4, 0.5) is 0 Å². The Morgan fingerprint density at radius 1 is 1.30 bits per heavy atom. The number of fused-ring (bicyclic) bond motifs is 1. The van der Waals surface area contributed by atoms with Crippen LogP contribution in [0.25, 0.3) is 0 Å². The first kappa shape index (κ1) is 13.9. The highest BCUT2D eigenvalue weighted by molar-refractivity contribution is 6.00. The number of amides is 1. The summed E-state index contributed by atoms with van der Waals surface area (Å²) in [7, 11) is 0. The average Bonchev–Trinajstić information content (AvgIpc) is 2.67. The van der Waals surface area contributed by atoms with Gasteiger partial charge in [0.15, 0.2) is 0 Å². The van der Waals surface area contributed by atoms with Crippen molar-refractivity contribution in [1.82, 2.24) is 4.90 Å². The van der Waals surface area contributed by atoms with E-state index in [1.165, 1.54) is 12.1 Å². The van der Waals surface area contributed by atoms with Crippen molar-refractivity contribution in [1.29, 1.82) is 0 Å². The number of carboxylic acids is 2. The summed E-state index contributed by atoms with van der Waals surface area (Å²) in [5.74, 6) is -2.93. The molecule has 3 N–H and O–H groups in total. The number of aliphatic carboxylic acids is 2. The first-order valence-electron chi connectivity index (χ1n) is 5.97. The number of carboxylic acid groups (broad SMARTS) is 2. The highest BCUT2D eigenvalue weighted by Crippen LogP contribution is 2.28. The molecule has 0 saturated carbocycles. The van der Waals surface area contributed by atoms with E-state index in [0.717, 1.165) is 4.90 Å². The molecular weight excluding hydrogens is 266 g/mol. The summed E-state index contributed by atoms with van der Waals surface area (Å²) >= 11 is 0. The van der Waals surface area contributed by atoms with Crippen LogP contribution in [0.15, 0.2) is 18.2 Å². The normalized spacial score (nSPS) is 15.0. The van der Waals surface area contributed by atoms with Crippen molar-refractivity contribution < 1.29 is 29.7 Å². The Labute approximate surface area is 114 Å². The molecular formula is C13H13NO6. The summed E-state index contributed by atoms with van der Waals surface area (Å²) < 4.78 is 0. The number of hydrogen-bond acceptors (Lipinski definition) is 4. The van der Waals surface area contributed by atoms with Gasteiger partial charge in [0, 0.05) is 18.5 Å². The predicted molar refractivity (Wildman–Crippen MR) is 66.3 cm³/mol. The van der Waals surface area contributed by atoms with E-state index in [0.29, 0.717) is 5.56 Å². The molecule has 1 heterocycles. The maximum absolute atomic E-state index is 12.1. The van der Waals surface area contributed by atoms with Crippen LogP contribution in [0.5, 0.6) is 5.75 Å². The lowest BCUT2D eigenvalue weighted by Gasteiger charge is -2.23. The minimum absolute atomic E-state index is 0.0728. The lowest BCUT2D eigenvalue weighted by molar-refractivity contribution is -0.143. The maximum atomic E-state index is 12.1. The van der Waals surface area contributed by atoms with Crippen LogP contribution in [0.2, 0.25) is 0 Å². The molecule has 1 aromatic rings. The fourth-order valence-corrected chi connectivity index (χ4v) is 2.24. The first-order chi connectivity index (χ1) is 9.40. The summed E-state index contributed by atoms with van der Waals surface area (Å²) in [6.07, 6.45) is -0.487. The molecule has 1 aromatic carbocycles. The van der Waals surface area contributed by atoms with Crippen LogP contribution < -0.4 is 0 Å². The van der Waals surface area contributed by atoms with Gasteiger partial charge in [-0.1, -0.05) is 6.07 Å². The molecule has 0 radical (unpaired) electrons. The van der Waals surface area contributed by atoms with Gasteiger partial charge < -0.3 is 20.2 Å². The van der Waals surface area contributed by atoms with Crippen LogP contribution >= 0.6 is 0 Å². The molecule has 1 aliphatic heterocycles. The van der Waals surface area contributed by atoms with Gasteiger partial charge >= 0.3 is 11.9 Å². The monoisotopic (exact) mass is 279 g/mol. The summed E-state index contributed by atoms with van der Waals surface area (Å²) in [6, 6.07) is 3.07. The van der Waals surface area contributed by atoms with E-state index in [9.17, 15) is 19.5 Å². The number of phenols is 1. The molecule has 20 heavy (non-hydrogen) atoms. The molecule has 0 saturated heterocycles. The number of aromatic hydroxyl groups is 1. The predicted octanol–water partition coefficient (Wildman–Crippen LogP) is 0.666. The molecule has 0 aliphatic carbocycles. The molecule has 1 amide bonds. The van der Waals surface area contributed by atoms with Crippen LogP contribution in [0.3, 0.4) is 0 Å². The van der Waals surface area contributed by atoms with Gasteiger partial charge in [-0.25, -0.2) is 4.79 Å². The largest absolute Gasteiger partial charge is 0.508 e. The Kier molecular flexibility index (Phi) is 3.60. The molecule has 0 spiro atoms. The Balaban J connectivity index is 2.23. The number of rotatable bonds is 5. The third-order valence-electron chi connectivity index (χ3n) is 3.22. The topological polar surface area (TPSA) is 115 Å². The zero-order valence-corrected chi connectivity index (χ0v) is 10.4. The lowest BCUT2D eigenvalue weighted by atomic mass is 10.1. The van der Waals surface area contributed by atoms with Gasteiger partial charge in [-0.3, -0.25) is 9.59 Å². The number of carbonyl (C=O) groups is 3. The van der Waals surface area contributed by atoms with E-state index in [-0.39, 0.29) is 30.7 Å². The fraction of sp³-hybridized carbons (Fsp3) is 0.308. The molecule has 7 heteroatoms. The molecule has 2 rings (SSSR count). The smallest absolute Gasteiger partial charge is 0.326 e. The maximum Gasteiger partial charge on any atom is 0.326 e. The van der Waals surface area contributed by atoms with E-state index < -0.39 is 23.9 Å². The quantitative estimate of drug-likeness (QED) is 0.729. The van der Waals surface area contributed by atoms with Crippen LogP contribution in [0.1, 0.15) is 28.8 Å². The highest BCUT2D eigenvalue weighted by Gasteiger charge is 2.36. The standard InChI is InChI=1S/C13H13NO6/c15-8-2-1-7-6-14(12(18)9(7)5-8)10(13(19)20)3-4-11(16)17/h1-2,5,10,15H,3-4,6H2,(H,16,17)(H,19,20)/t10-/m1/s1. The number of phenolic OH excluding ortho intramolecular Hbond substituents is 1. The number of benzene rings is 1. The molecule has 7 nitrogen and oxygen atoms in total. The SMILES string of the molecule is O=C(O)CC[C@H](C(=O)O)N1Cc2ccc(O)cc2C1=O. The van der Waals surface area contributed by atoms with Crippen molar-refractivity contribution in [2.75, 3.05) is 0 Å². The van der Waals surface area contributed by atoms with Crippen molar-refractivity contribution in [2.24, 2.45) is 0 Å². The minimum Gasteiger partial charge on any atom is -0.508 e. The van der Waals surface area contributed by atoms with Crippen molar-refractivity contribution in [3.8, 4) is 5.75 Å². The molecule has 0 unspecified atom stereocenters. The average molecular weight is 279 g/mol. The number of carbonyl (C=O) groups excluding carboxylic acids is 1. The molecule has 0 aromatic heterocycles. The third kappa shape index (κ3) is 2.56. The first-order valence-corrected chi connectivity index (χ1v) is 5.97. The summed E-state index contributed by atoms with van der Waals surface area (Å²) in [5, 5.41) is 27.2. The van der Waals surface area contributed by atoms with E-state index in [1.807, 2.05) is 0 Å². The van der Waals surface area contributed by atoms with E-state index in [2.05, 4.69) is 0 Å². The molecule has 0 bridgehead atoms. The number of nitrogens with zero attached hydrogens (tertiary/aromatic N) is 1. The van der Waals surface area contributed by atoms with Gasteiger partial charge in [-0.05, 0) is 24.1 Å². The molecule has 1 aliphatic rings. The van der Waals surface area contributed by atoms with Gasteiger partial charge in [0.25, 0.3) is 5.91 Å². The van der Waals surface area contributed by atoms with E-state index in [4.69, 9.17) is 10.2 Å². The van der Waals surface area contributed by atoms with Crippen LogP contribution in [-0.4, -0.2) is 44.1 Å². The summed E-state index contributed by atoms with van der Waals surface area (Å²) in [4.78, 5) is 35.0. The molecule has 0 fully saturated rings. The van der Waals surface area contributed by atoms with Crippen molar-refractivity contribution in [2.45, 2.75) is 25.4 Å². The Morgan fingerprint density at radius 3 is 2.60 bits per heavy atom. The summed E-state index contributed by atoms with van der Waals surface area (Å²) in [5.41, 5.74) is 0.876. The van der Waals surface area contributed by atoms with Crippen molar-refractivity contribution in [3.05, 3.63) is 29.3 Å². The van der Waals surface area contributed by atoms with Gasteiger partial charge in [-0.2, -0.15) is 0 Å². The number of hydrogen-bond donors (Lipinski definition) is 3. The van der Waals surface area contributed by atoms with Gasteiger partial charge in [0.2, 0.25) is 0 Å². The van der Waals surface area contributed by atoms with Gasteiger partial charge in [-0.15, -0.1) is 0 Å². The van der Waals surface area contributed by atoms with Gasteiger partial charge in [0.05, 0.1) is 0 Å². The van der Waals surface area contributed by atoms with E-state index in [1.54, 1.807) is 6.07 Å². The Bertz CT molecular complexity index is 582. The Hall–Kier alpha value is -2.57. The van der Waals surface area contributed by atoms with Gasteiger partial charge in [0.1, 0.15) is 11.8 Å².